The molecular formula is C26H33ClN6O4. The zero-order valence-corrected chi connectivity index (χ0v) is 22.2. The summed E-state index contributed by atoms with van der Waals surface area (Å²) < 4.78 is 10.3. The lowest BCUT2D eigenvalue weighted by atomic mass is 9.70. The van der Waals surface area contributed by atoms with Crippen LogP contribution in [0.3, 0.4) is 0 Å². The van der Waals surface area contributed by atoms with E-state index in [1.165, 1.54) is 13.1 Å². The maximum absolute atomic E-state index is 12.2. The molecule has 2 N–H and O–H groups in total. The van der Waals surface area contributed by atoms with E-state index in [0.717, 1.165) is 55.6 Å². The van der Waals surface area contributed by atoms with Gasteiger partial charge in [-0.05, 0) is 55.2 Å². The molecular weight excluding hydrogens is 496 g/mol. The molecule has 11 heteroatoms. The number of rotatable bonds is 9. The van der Waals surface area contributed by atoms with Crippen molar-refractivity contribution in [2.75, 3.05) is 31.6 Å². The highest BCUT2D eigenvalue weighted by Crippen LogP contribution is 2.41. The van der Waals surface area contributed by atoms with E-state index in [1.807, 2.05) is 24.4 Å². The minimum absolute atomic E-state index is 0.0963. The van der Waals surface area contributed by atoms with Crippen molar-refractivity contribution in [2.24, 2.45) is 11.3 Å². The van der Waals surface area contributed by atoms with Gasteiger partial charge in [0.25, 0.3) is 5.91 Å². The largest absolute Gasteiger partial charge is 0.441 e. The fraction of sp³-hybridized carbons (Fsp3) is 0.500. The van der Waals surface area contributed by atoms with Gasteiger partial charge in [-0.2, -0.15) is 0 Å². The summed E-state index contributed by atoms with van der Waals surface area (Å²) in [6.07, 6.45) is 5.24. The van der Waals surface area contributed by atoms with Gasteiger partial charge in [-0.3, -0.25) is 9.78 Å². The van der Waals surface area contributed by atoms with Gasteiger partial charge in [0.2, 0.25) is 0 Å². The summed E-state index contributed by atoms with van der Waals surface area (Å²) in [4.78, 5) is 35.4. The second-order valence-corrected chi connectivity index (χ2v) is 10.4. The van der Waals surface area contributed by atoms with Crippen LogP contribution in [0.4, 0.5) is 10.6 Å². The first kappa shape index (κ1) is 26.7. The normalized spacial score (nSPS) is 15.1. The average molecular weight is 529 g/mol. The van der Waals surface area contributed by atoms with Crippen LogP contribution in [-0.2, 0) is 11.3 Å². The van der Waals surface area contributed by atoms with Crippen LogP contribution in [0, 0.1) is 11.3 Å². The molecule has 1 aromatic carbocycles. The van der Waals surface area contributed by atoms with Crippen molar-refractivity contribution in [2.45, 2.75) is 46.1 Å². The summed E-state index contributed by atoms with van der Waals surface area (Å²) >= 11 is 6.07. The van der Waals surface area contributed by atoms with Crippen LogP contribution in [-0.4, -0.2) is 53.8 Å². The molecule has 1 aliphatic rings. The van der Waals surface area contributed by atoms with Crippen molar-refractivity contribution in [3.63, 3.8) is 0 Å². The number of fused-ring (bicyclic) bond motifs is 1. The molecule has 0 atom stereocenters. The fourth-order valence-electron chi connectivity index (χ4n) is 4.99. The van der Waals surface area contributed by atoms with E-state index in [0.29, 0.717) is 23.2 Å². The Morgan fingerprint density at radius 3 is 2.73 bits per heavy atom. The molecule has 0 radical (unpaired) electrons. The topological polar surface area (TPSA) is 122 Å². The molecule has 1 fully saturated rings. The van der Waals surface area contributed by atoms with E-state index < -0.39 is 6.09 Å². The van der Waals surface area contributed by atoms with Gasteiger partial charge in [-0.15, -0.1) is 0 Å². The molecule has 2 aromatic heterocycles. The fourth-order valence-corrected chi connectivity index (χ4v) is 5.16. The average Bonchev–Trinajstić information content (AvgIpc) is 3.36. The third-order valence-corrected chi connectivity index (χ3v) is 7.00. The standard InChI is InChI=1S/C26H33ClN6O4/c1-17(2)14-26(6-9-29-25(35)36-16-19-13-22(32-37-19)24(34)28-3)7-10-33(11-8-26)23-15-30-21-12-18(27)4-5-20(21)31-23/h4-5,12-13,15,17H,6-11,14,16H2,1-3H3,(H,28,34)(H,29,35). The Balaban J connectivity index is 1.28. The van der Waals surface area contributed by atoms with E-state index in [2.05, 4.69) is 39.5 Å². The van der Waals surface area contributed by atoms with Crippen molar-refractivity contribution in [1.29, 1.82) is 0 Å². The summed E-state index contributed by atoms with van der Waals surface area (Å²) in [5.74, 6) is 1.36. The van der Waals surface area contributed by atoms with Gasteiger partial charge in [-0.25, -0.2) is 9.78 Å². The second-order valence-electron chi connectivity index (χ2n) is 9.96. The van der Waals surface area contributed by atoms with Crippen molar-refractivity contribution < 1.29 is 18.8 Å². The molecule has 3 aromatic rings. The number of halogens is 1. The number of piperidine rings is 1. The highest BCUT2D eigenvalue weighted by Gasteiger charge is 2.35. The number of aromatic nitrogens is 3. The maximum Gasteiger partial charge on any atom is 0.407 e. The Kier molecular flexibility index (Phi) is 8.48. The number of carbonyl (C=O) groups excluding carboxylic acids is 2. The molecule has 3 heterocycles. The summed E-state index contributed by atoms with van der Waals surface area (Å²) in [6.45, 7) is 6.65. The van der Waals surface area contributed by atoms with Crippen LogP contribution in [0.2, 0.25) is 5.02 Å². The third kappa shape index (κ3) is 6.88. The molecule has 1 saturated heterocycles. The number of hydrogen-bond acceptors (Lipinski definition) is 8. The summed E-state index contributed by atoms with van der Waals surface area (Å²) in [7, 11) is 1.50. The Labute approximate surface area is 221 Å². The predicted molar refractivity (Wildman–Crippen MR) is 141 cm³/mol. The van der Waals surface area contributed by atoms with Crippen LogP contribution in [0.25, 0.3) is 11.0 Å². The predicted octanol–water partition coefficient (Wildman–Crippen LogP) is 4.58. The Bertz CT molecular complexity index is 1240. The molecule has 0 aliphatic carbocycles. The zero-order chi connectivity index (χ0) is 26.4. The first-order chi connectivity index (χ1) is 17.8. The maximum atomic E-state index is 12.2. The highest BCUT2D eigenvalue weighted by molar-refractivity contribution is 6.31. The van der Waals surface area contributed by atoms with Gasteiger partial charge < -0.3 is 24.8 Å². The van der Waals surface area contributed by atoms with Crippen LogP contribution >= 0.6 is 11.6 Å². The number of alkyl carbamates (subject to hydrolysis) is 1. The second kappa shape index (κ2) is 11.8. The molecule has 2 amide bonds. The number of anilines is 1. The number of nitrogens with one attached hydrogen (secondary N) is 2. The molecule has 0 bridgehead atoms. The van der Waals surface area contributed by atoms with E-state index in [1.54, 1.807) is 0 Å². The van der Waals surface area contributed by atoms with Crippen molar-refractivity contribution in [3.05, 3.63) is 46.9 Å². The van der Waals surface area contributed by atoms with E-state index >= 15 is 0 Å². The first-order valence-electron chi connectivity index (χ1n) is 12.5. The van der Waals surface area contributed by atoms with Crippen molar-refractivity contribution in [1.82, 2.24) is 25.8 Å². The lowest BCUT2D eigenvalue weighted by Crippen LogP contribution is -2.43. The number of amides is 2. The minimum Gasteiger partial charge on any atom is -0.441 e. The lowest BCUT2D eigenvalue weighted by molar-refractivity contribution is 0.0952. The third-order valence-electron chi connectivity index (χ3n) is 6.77. The van der Waals surface area contributed by atoms with Crippen LogP contribution in [0.5, 0.6) is 0 Å². The van der Waals surface area contributed by atoms with E-state index in [4.69, 9.17) is 25.8 Å². The van der Waals surface area contributed by atoms with Crippen molar-refractivity contribution >= 4 is 40.5 Å². The van der Waals surface area contributed by atoms with E-state index in [9.17, 15) is 9.59 Å². The Morgan fingerprint density at radius 2 is 2.00 bits per heavy atom. The van der Waals surface area contributed by atoms with Gasteiger partial charge in [0, 0.05) is 37.8 Å². The van der Waals surface area contributed by atoms with Gasteiger partial charge in [0.15, 0.2) is 18.1 Å². The van der Waals surface area contributed by atoms with Crippen LogP contribution in [0.15, 0.2) is 35.0 Å². The Hall–Kier alpha value is -3.40. The SMILES string of the molecule is CNC(=O)c1cc(COC(=O)NCCC2(CC(C)C)CCN(c3cnc4cc(Cl)ccc4n3)CC2)on1. The molecule has 10 nitrogen and oxygen atoms in total. The van der Waals surface area contributed by atoms with Gasteiger partial charge in [0.1, 0.15) is 5.82 Å². The van der Waals surface area contributed by atoms with Gasteiger partial charge in [0.05, 0.1) is 17.2 Å². The number of hydrogen-bond donors (Lipinski definition) is 2. The summed E-state index contributed by atoms with van der Waals surface area (Å²) in [5.41, 5.74) is 1.89. The molecule has 0 saturated carbocycles. The number of ether oxygens (including phenoxy) is 1. The summed E-state index contributed by atoms with van der Waals surface area (Å²) in [5, 5.41) is 9.62. The Morgan fingerprint density at radius 1 is 1.22 bits per heavy atom. The van der Waals surface area contributed by atoms with Crippen LogP contribution < -0.4 is 15.5 Å². The smallest absolute Gasteiger partial charge is 0.407 e. The summed E-state index contributed by atoms with van der Waals surface area (Å²) in [6, 6.07) is 7.00. The van der Waals surface area contributed by atoms with Crippen molar-refractivity contribution in [3.8, 4) is 0 Å². The molecule has 37 heavy (non-hydrogen) atoms. The first-order valence-corrected chi connectivity index (χ1v) is 12.9. The van der Waals surface area contributed by atoms with E-state index in [-0.39, 0.29) is 23.6 Å². The molecule has 198 valence electrons. The number of carbonyl (C=O) groups is 2. The van der Waals surface area contributed by atoms with Gasteiger partial charge >= 0.3 is 6.09 Å². The minimum atomic E-state index is -0.526. The number of nitrogens with zero attached hydrogens (tertiary/aromatic N) is 4. The molecule has 1 aliphatic heterocycles. The molecule has 4 rings (SSSR count). The lowest BCUT2D eigenvalue weighted by Gasteiger charge is -2.43. The number of benzene rings is 1. The molecule has 0 spiro atoms. The van der Waals surface area contributed by atoms with Gasteiger partial charge in [-0.1, -0.05) is 30.6 Å². The quantitative estimate of drug-likeness (QED) is 0.414. The monoisotopic (exact) mass is 528 g/mol. The van der Waals surface area contributed by atoms with Crippen LogP contribution in [0.1, 0.15) is 55.8 Å². The molecule has 0 unspecified atom stereocenters. The zero-order valence-electron chi connectivity index (χ0n) is 21.4. The highest BCUT2D eigenvalue weighted by atomic mass is 35.5.